The fourth-order valence-electron chi connectivity index (χ4n) is 6.31. The lowest BCUT2D eigenvalue weighted by Crippen LogP contribution is -2.32. The lowest BCUT2D eigenvalue weighted by Gasteiger charge is -2.20. The minimum atomic E-state index is -0.655. The summed E-state index contributed by atoms with van der Waals surface area (Å²) in [6, 6.07) is 38.8. The van der Waals surface area contributed by atoms with Crippen LogP contribution in [0.4, 0.5) is 17.1 Å². The summed E-state index contributed by atoms with van der Waals surface area (Å²) in [7, 11) is 0. The number of benzene rings is 6. The summed E-state index contributed by atoms with van der Waals surface area (Å²) in [5.41, 5.74) is 3.99. The van der Waals surface area contributed by atoms with E-state index in [1.165, 1.54) is 30.3 Å². The smallest absolute Gasteiger partial charge is 0.266 e. The van der Waals surface area contributed by atoms with E-state index in [1.807, 2.05) is 60.7 Å². The molecule has 0 saturated heterocycles. The number of amides is 5. The molecule has 0 saturated carbocycles. The summed E-state index contributed by atoms with van der Waals surface area (Å²) in [5, 5.41) is 2.78. The Labute approximate surface area is 316 Å². The zero-order valence-electron chi connectivity index (χ0n) is 28.8. The van der Waals surface area contributed by atoms with E-state index in [1.54, 1.807) is 48.5 Å². The first kappa shape index (κ1) is 33.9. The molecular weight excluding hydrogens is 687 g/mol. The molecule has 6 aromatic rings. The number of carbonyl (C=O) groups excluding carboxylic acids is 5. The summed E-state index contributed by atoms with van der Waals surface area (Å²) in [6.45, 7) is 0. The van der Waals surface area contributed by atoms with Crippen molar-refractivity contribution in [3.63, 3.8) is 0 Å². The highest BCUT2D eigenvalue weighted by molar-refractivity contribution is 6.36. The van der Waals surface area contributed by atoms with Crippen molar-refractivity contribution < 1.29 is 24.0 Å². The molecule has 2 heterocycles. The van der Waals surface area contributed by atoms with Crippen molar-refractivity contribution in [2.24, 2.45) is 0 Å². The summed E-state index contributed by atoms with van der Waals surface area (Å²) < 4.78 is 0. The average molecular weight is 712 g/mol. The van der Waals surface area contributed by atoms with Gasteiger partial charge in [0.1, 0.15) is 0 Å². The minimum Gasteiger partial charge on any atom is -0.322 e. The molecule has 0 radical (unpaired) electrons. The van der Waals surface area contributed by atoms with Gasteiger partial charge in [0.15, 0.2) is 0 Å². The Balaban J connectivity index is 1.17. The highest BCUT2D eigenvalue weighted by Crippen LogP contribution is 2.36. The van der Waals surface area contributed by atoms with E-state index < -0.39 is 29.5 Å². The first-order chi connectivity index (χ1) is 26.8. The van der Waals surface area contributed by atoms with Crippen LogP contribution in [0.25, 0.3) is 0 Å². The van der Waals surface area contributed by atoms with Crippen LogP contribution in [0, 0.1) is 36.0 Å². The molecule has 8 rings (SSSR count). The van der Waals surface area contributed by atoms with Gasteiger partial charge < -0.3 is 5.32 Å². The first-order valence-electron chi connectivity index (χ1n) is 17.0. The van der Waals surface area contributed by atoms with Gasteiger partial charge in [-0.3, -0.25) is 24.0 Å². The Bertz CT molecular complexity index is 2660. The largest absolute Gasteiger partial charge is 0.322 e. The van der Waals surface area contributed by atoms with E-state index in [0.29, 0.717) is 22.4 Å². The monoisotopic (exact) mass is 711 g/mol. The van der Waals surface area contributed by atoms with Gasteiger partial charge in [-0.2, -0.15) is 0 Å². The predicted molar refractivity (Wildman–Crippen MR) is 209 cm³/mol. The van der Waals surface area contributed by atoms with Crippen LogP contribution in [0.2, 0.25) is 0 Å². The predicted octanol–water partition coefficient (Wildman–Crippen LogP) is 7.32. The van der Waals surface area contributed by atoms with Gasteiger partial charge in [0.2, 0.25) is 0 Å². The Morgan fingerprint density at radius 2 is 0.909 bits per heavy atom. The number of nitrogens with zero attached hydrogens (tertiary/aromatic N) is 2. The quantitative estimate of drug-likeness (QED) is 0.153. The van der Waals surface area contributed by atoms with E-state index in [4.69, 9.17) is 6.42 Å². The summed E-state index contributed by atoms with van der Waals surface area (Å²) in [4.78, 5) is 71.4. The molecule has 0 unspecified atom stereocenters. The topological polar surface area (TPSA) is 104 Å². The maximum Gasteiger partial charge on any atom is 0.266 e. The Hall–Kier alpha value is -8.25. The Morgan fingerprint density at radius 1 is 0.455 bits per heavy atom. The summed E-state index contributed by atoms with van der Waals surface area (Å²) in [5.74, 6) is 11.5. The molecule has 258 valence electrons. The molecule has 8 heteroatoms. The number of anilines is 3. The van der Waals surface area contributed by atoms with Gasteiger partial charge in [-0.25, -0.2) is 9.80 Å². The molecule has 0 aliphatic carbocycles. The standard InChI is InChI=1S/C47H25N3O5/c1-2-30-14-9-15-36(24-30)48-43(51)35-27-37(49-44(52)39-22-20-33(25-41(39)46(49)54)18-16-31-10-5-3-6-11-31)29-38(28-35)50-45(53)40-23-21-34(26-42(40)47(50)55)19-17-32-12-7-4-8-13-32/h1,3-15,20-29H,(H,48,51). The molecule has 6 aromatic carbocycles. The van der Waals surface area contributed by atoms with Gasteiger partial charge >= 0.3 is 0 Å². The number of nitrogens with one attached hydrogen (secondary N) is 1. The summed E-state index contributed by atoms with van der Waals surface area (Å²) >= 11 is 0. The van der Waals surface area contributed by atoms with E-state index in [9.17, 15) is 24.0 Å². The Kier molecular flexibility index (Phi) is 8.65. The number of hydrogen-bond donors (Lipinski definition) is 1. The third-order valence-corrected chi connectivity index (χ3v) is 8.99. The fraction of sp³-hybridized carbons (Fsp3) is 0. The second-order valence-electron chi connectivity index (χ2n) is 12.6. The van der Waals surface area contributed by atoms with Crippen molar-refractivity contribution >= 4 is 46.6 Å². The van der Waals surface area contributed by atoms with Crippen molar-refractivity contribution in [1.82, 2.24) is 0 Å². The number of rotatable bonds is 4. The summed E-state index contributed by atoms with van der Waals surface area (Å²) in [6.07, 6.45) is 5.55. The second-order valence-corrected chi connectivity index (χ2v) is 12.6. The van der Waals surface area contributed by atoms with E-state index in [2.05, 4.69) is 34.9 Å². The lowest BCUT2D eigenvalue weighted by atomic mass is 10.1. The highest BCUT2D eigenvalue weighted by Gasteiger charge is 2.40. The number of imide groups is 2. The molecule has 2 aliphatic rings. The van der Waals surface area contributed by atoms with E-state index in [-0.39, 0.29) is 39.2 Å². The zero-order valence-corrected chi connectivity index (χ0v) is 28.8. The van der Waals surface area contributed by atoms with Crippen molar-refractivity contribution in [3.8, 4) is 36.0 Å². The van der Waals surface area contributed by atoms with Crippen LogP contribution in [0.5, 0.6) is 0 Å². The average Bonchev–Trinajstić information content (AvgIpc) is 3.62. The second kappa shape index (κ2) is 14.1. The van der Waals surface area contributed by atoms with Gasteiger partial charge in [-0.05, 0) is 97.1 Å². The highest BCUT2D eigenvalue weighted by atomic mass is 16.2. The van der Waals surface area contributed by atoms with E-state index >= 15 is 0 Å². The molecule has 0 aromatic heterocycles. The maximum absolute atomic E-state index is 14.0. The van der Waals surface area contributed by atoms with Crippen molar-refractivity contribution in [3.05, 3.63) is 195 Å². The van der Waals surface area contributed by atoms with Crippen molar-refractivity contribution in [2.45, 2.75) is 0 Å². The Morgan fingerprint density at radius 3 is 1.40 bits per heavy atom. The van der Waals surface area contributed by atoms with Crippen molar-refractivity contribution in [1.29, 1.82) is 0 Å². The third-order valence-electron chi connectivity index (χ3n) is 8.99. The van der Waals surface area contributed by atoms with Crippen LogP contribution in [-0.4, -0.2) is 29.5 Å². The maximum atomic E-state index is 14.0. The van der Waals surface area contributed by atoms with Gasteiger partial charge in [0, 0.05) is 39.1 Å². The normalized spacial score (nSPS) is 12.6. The van der Waals surface area contributed by atoms with Gasteiger partial charge in [0.05, 0.1) is 33.6 Å². The molecule has 5 amide bonds. The van der Waals surface area contributed by atoms with Crippen LogP contribution in [0.3, 0.4) is 0 Å². The van der Waals surface area contributed by atoms with Gasteiger partial charge in [0.25, 0.3) is 29.5 Å². The zero-order chi connectivity index (χ0) is 38.1. The van der Waals surface area contributed by atoms with E-state index in [0.717, 1.165) is 20.9 Å². The number of carbonyl (C=O) groups is 5. The van der Waals surface area contributed by atoms with Crippen LogP contribution in [-0.2, 0) is 0 Å². The van der Waals surface area contributed by atoms with Crippen LogP contribution in [0.1, 0.15) is 79.6 Å². The molecule has 0 bridgehead atoms. The van der Waals surface area contributed by atoms with Crippen LogP contribution < -0.4 is 15.1 Å². The minimum absolute atomic E-state index is 0.0193. The molecule has 2 aliphatic heterocycles. The molecule has 0 spiro atoms. The number of terminal acetylenes is 1. The first-order valence-corrected chi connectivity index (χ1v) is 17.0. The fourth-order valence-corrected chi connectivity index (χ4v) is 6.31. The molecule has 0 atom stereocenters. The lowest BCUT2D eigenvalue weighted by molar-refractivity contribution is 0.0912. The van der Waals surface area contributed by atoms with Crippen LogP contribution in [0.15, 0.2) is 140 Å². The molecule has 1 N–H and O–H groups in total. The molecule has 8 nitrogen and oxygen atoms in total. The number of fused-ring (bicyclic) bond motifs is 2. The van der Waals surface area contributed by atoms with Gasteiger partial charge in [-0.1, -0.05) is 72.1 Å². The molecule has 0 fully saturated rings. The molecular formula is C47H25N3O5. The third kappa shape index (κ3) is 6.54. The van der Waals surface area contributed by atoms with Crippen LogP contribution >= 0.6 is 0 Å². The number of hydrogen-bond acceptors (Lipinski definition) is 5. The SMILES string of the molecule is C#Cc1cccc(NC(=O)c2cc(N3C(=O)c4ccc(C#Cc5ccccc5)cc4C3=O)cc(N3C(=O)c4ccc(C#Cc5ccccc5)cc4C3=O)c2)c1. The van der Waals surface area contributed by atoms with Crippen molar-refractivity contribution in [2.75, 3.05) is 15.1 Å². The van der Waals surface area contributed by atoms with Gasteiger partial charge in [-0.15, -0.1) is 6.42 Å². The molecule has 55 heavy (non-hydrogen) atoms.